The maximum Gasteiger partial charge on any atom is 0.231 e. The number of nitrogens with one attached hydrogen (secondary N) is 1. The average Bonchev–Trinajstić information content (AvgIpc) is 2.77. The van der Waals surface area contributed by atoms with Gasteiger partial charge in [0.1, 0.15) is 0 Å². The van der Waals surface area contributed by atoms with Gasteiger partial charge in [-0.1, -0.05) is 18.2 Å². The van der Waals surface area contributed by atoms with Crippen molar-refractivity contribution in [3.8, 4) is 0 Å². The Morgan fingerprint density at radius 1 is 1.20 bits per heavy atom. The monoisotopic (exact) mass is 266 g/mol. The minimum Gasteiger partial charge on any atom is -0.350 e. The van der Waals surface area contributed by atoms with E-state index in [-0.39, 0.29) is 5.91 Å². The maximum absolute atomic E-state index is 12.0. The number of anilines is 1. The van der Waals surface area contributed by atoms with Crippen molar-refractivity contribution in [2.45, 2.75) is 6.42 Å². The highest BCUT2D eigenvalue weighted by Gasteiger charge is 2.11. The summed E-state index contributed by atoms with van der Waals surface area (Å²) in [6.45, 7) is 0. The Labute approximate surface area is 116 Å². The lowest BCUT2D eigenvalue weighted by molar-refractivity contribution is -0.115. The molecule has 2 aromatic heterocycles. The highest BCUT2D eigenvalue weighted by molar-refractivity contribution is 5.94. The van der Waals surface area contributed by atoms with Crippen molar-refractivity contribution in [2.24, 2.45) is 7.05 Å². The molecule has 3 aromatic rings. The van der Waals surface area contributed by atoms with E-state index < -0.39 is 0 Å². The quantitative estimate of drug-likeness (QED) is 0.790. The van der Waals surface area contributed by atoms with E-state index in [2.05, 4.69) is 15.3 Å². The van der Waals surface area contributed by atoms with Crippen LogP contribution in [-0.2, 0) is 18.3 Å². The molecule has 0 bridgehead atoms. The Morgan fingerprint density at radius 3 is 2.75 bits per heavy atom. The van der Waals surface area contributed by atoms with E-state index >= 15 is 0 Å². The summed E-state index contributed by atoms with van der Waals surface area (Å²) >= 11 is 0. The van der Waals surface area contributed by atoms with Crippen molar-refractivity contribution in [1.82, 2.24) is 14.5 Å². The number of fused-ring (bicyclic) bond motifs is 1. The molecule has 0 spiro atoms. The minimum absolute atomic E-state index is 0.118. The second-order valence-electron chi connectivity index (χ2n) is 4.58. The molecule has 1 N–H and O–H groups in total. The number of benzene rings is 1. The summed E-state index contributed by atoms with van der Waals surface area (Å²) in [5, 5.41) is 3.79. The molecule has 100 valence electrons. The summed E-state index contributed by atoms with van der Waals surface area (Å²) in [5.41, 5.74) is 2.11. The topological polar surface area (TPSA) is 59.8 Å². The number of amides is 1. The number of nitrogens with zero attached hydrogens (tertiary/aromatic N) is 3. The van der Waals surface area contributed by atoms with E-state index in [1.165, 1.54) is 0 Å². The van der Waals surface area contributed by atoms with E-state index in [0.717, 1.165) is 16.5 Å². The molecule has 5 nitrogen and oxygen atoms in total. The molecule has 0 saturated carbocycles. The van der Waals surface area contributed by atoms with Gasteiger partial charge in [0.25, 0.3) is 0 Å². The van der Waals surface area contributed by atoms with Crippen LogP contribution in [0.15, 0.2) is 48.9 Å². The summed E-state index contributed by atoms with van der Waals surface area (Å²) in [4.78, 5) is 20.0. The van der Waals surface area contributed by atoms with Crippen LogP contribution >= 0.6 is 0 Å². The highest BCUT2D eigenvalue weighted by atomic mass is 16.1. The van der Waals surface area contributed by atoms with Gasteiger partial charge >= 0.3 is 0 Å². The zero-order valence-corrected chi connectivity index (χ0v) is 11.1. The molecule has 5 heteroatoms. The number of aryl methyl sites for hydroxylation is 1. The Kier molecular flexibility index (Phi) is 3.16. The molecule has 0 fully saturated rings. The molecule has 0 aliphatic rings. The SMILES string of the molecule is Cn1cc(CC(=O)Nc2ncccn2)c2ccccc21. The summed E-state index contributed by atoms with van der Waals surface area (Å²) < 4.78 is 2.02. The van der Waals surface area contributed by atoms with Crippen LogP contribution in [0.2, 0.25) is 0 Å². The molecule has 0 aliphatic heterocycles. The summed E-state index contributed by atoms with van der Waals surface area (Å²) in [6.07, 6.45) is 5.48. The van der Waals surface area contributed by atoms with Crippen LogP contribution in [0.1, 0.15) is 5.56 Å². The molecule has 0 radical (unpaired) electrons. The third kappa shape index (κ3) is 2.38. The molecule has 1 aromatic carbocycles. The smallest absolute Gasteiger partial charge is 0.231 e. The van der Waals surface area contributed by atoms with Crippen molar-refractivity contribution >= 4 is 22.8 Å². The number of rotatable bonds is 3. The summed E-state index contributed by atoms with van der Waals surface area (Å²) in [7, 11) is 1.98. The fourth-order valence-electron chi connectivity index (χ4n) is 2.27. The van der Waals surface area contributed by atoms with E-state index in [1.807, 2.05) is 42.1 Å². The second kappa shape index (κ2) is 5.13. The third-order valence-corrected chi connectivity index (χ3v) is 3.15. The molecular formula is C15H14N4O. The van der Waals surface area contributed by atoms with Crippen LogP contribution in [-0.4, -0.2) is 20.4 Å². The van der Waals surface area contributed by atoms with E-state index in [4.69, 9.17) is 0 Å². The van der Waals surface area contributed by atoms with Crippen LogP contribution in [0.4, 0.5) is 5.95 Å². The number of aromatic nitrogens is 3. The van der Waals surface area contributed by atoms with Gasteiger partial charge in [0, 0.05) is 36.5 Å². The number of para-hydroxylation sites is 1. The zero-order valence-electron chi connectivity index (χ0n) is 11.1. The molecular weight excluding hydrogens is 252 g/mol. The minimum atomic E-state index is -0.118. The fourth-order valence-corrected chi connectivity index (χ4v) is 2.27. The van der Waals surface area contributed by atoms with Gasteiger partial charge in [-0.3, -0.25) is 10.1 Å². The third-order valence-electron chi connectivity index (χ3n) is 3.15. The molecule has 0 unspecified atom stereocenters. The summed E-state index contributed by atoms with van der Waals surface area (Å²) in [6, 6.07) is 9.74. The van der Waals surface area contributed by atoms with Crippen LogP contribution in [0.5, 0.6) is 0 Å². The van der Waals surface area contributed by atoms with Crippen molar-refractivity contribution in [3.05, 3.63) is 54.5 Å². The van der Waals surface area contributed by atoms with Gasteiger partial charge in [0.05, 0.1) is 6.42 Å². The average molecular weight is 266 g/mol. The van der Waals surface area contributed by atoms with Gasteiger partial charge in [0.2, 0.25) is 11.9 Å². The predicted molar refractivity (Wildman–Crippen MR) is 77.3 cm³/mol. The largest absolute Gasteiger partial charge is 0.350 e. The molecule has 3 rings (SSSR count). The zero-order chi connectivity index (χ0) is 13.9. The molecule has 0 atom stereocenters. The number of carbonyl (C=O) groups is 1. The number of hydrogen-bond acceptors (Lipinski definition) is 3. The lowest BCUT2D eigenvalue weighted by Gasteiger charge is -2.02. The Balaban J connectivity index is 1.81. The molecule has 0 saturated heterocycles. The Morgan fingerprint density at radius 2 is 1.95 bits per heavy atom. The first-order valence-corrected chi connectivity index (χ1v) is 6.34. The maximum atomic E-state index is 12.0. The number of carbonyl (C=O) groups excluding carboxylic acids is 1. The lowest BCUT2D eigenvalue weighted by Crippen LogP contribution is -2.16. The Hall–Kier alpha value is -2.69. The highest BCUT2D eigenvalue weighted by Crippen LogP contribution is 2.20. The lowest BCUT2D eigenvalue weighted by atomic mass is 10.1. The first-order chi connectivity index (χ1) is 9.74. The van der Waals surface area contributed by atoms with Crippen molar-refractivity contribution < 1.29 is 4.79 Å². The van der Waals surface area contributed by atoms with Crippen molar-refractivity contribution in [1.29, 1.82) is 0 Å². The Bertz CT molecular complexity index is 749. The van der Waals surface area contributed by atoms with E-state index in [9.17, 15) is 4.79 Å². The first kappa shape index (κ1) is 12.3. The van der Waals surface area contributed by atoms with E-state index in [0.29, 0.717) is 12.4 Å². The van der Waals surface area contributed by atoms with Crippen molar-refractivity contribution in [3.63, 3.8) is 0 Å². The van der Waals surface area contributed by atoms with Gasteiger partial charge in [-0.05, 0) is 17.7 Å². The van der Waals surface area contributed by atoms with Crippen LogP contribution in [0.3, 0.4) is 0 Å². The van der Waals surface area contributed by atoms with Crippen LogP contribution in [0.25, 0.3) is 10.9 Å². The molecule has 0 aliphatic carbocycles. The van der Waals surface area contributed by atoms with Crippen LogP contribution in [0, 0.1) is 0 Å². The van der Waals surface area contributed by atoms with Gasteiger partial charge in [-0.2, -0.15) is 0 Å². The molecule has 20 heavy (non-hydrogen) atoms. The summed E-state index contributed by atoms with van der Waals surface area (Å²) in [5.74, 6) is 0.213. The van der Waals surface area contributed by atoms with Gasteiger partial charge in [0.15, 0.2) is 0 Å². The van der Waals surface area contributed by atoms with E-state index in [1.54, 1.807) is 18.5 Å². The standard InChI is InChI=1S/C15H14N4O/c1-19-10-11(12-5-2-3-6-13(12)19)9-14(20)18-15-16-7-4-8-17-15/h2-8,10H,9H2,1H3,(H,16,17,18,20). The molecule has 2 heterocycles. The second-order valence-corrected chi connectivity index (χ2v) is 4.58. The first-order valence-electron chi connectivity index (χ1n) is 6.34. The number of hydrogen-bond donors (Lipinski definition) is 1. The van der Waals surface area contributed by atoms with Crippen LogP contribution < -0.4 is 5.32 Å². The van der Waals surface area contributed by atoms with Gasteiger partial charge in [-0.15, -0.1) is 0 Å². The predicted octanol–water partition coefficient (Wildman–Crippen LogP) is 2.15. The normalized spacial score (nSPS) is 10.7. The van der Waals surface area contributed by atoms with Crippen molar-refractivity contribution in [2.75, 3.05) is 5.32 Å². The molecule has 1 amide bonds. The fraction of sp³-hybridized carbons (Fsp3) is 0.133. The van der Waals surface area contributed by atoms with Gasteiger partial charge < -0.3 is 4.57 Å². The van der Waals surface area contributed by atoms with Gasteiger partial charge in [-0.25, -0.2) is 9.97 Å².